The van der Waals surface area contributed by atoms with Crippen LogP contribution in [0, 0.1) is 19.8 Å². The first-order chi connectivity index (χ1) is 18.3. The molecule has 4 aromatic rings. The maximum atomic E-state index is 14.0. The first kappa shape index (κ1) is 25.5. The lowest BCUT2D eigenvalue weighted by Crippen LogP contribution is -2.29. The van der Waals surface area contributed by atoms with Crippen molar-refractivity contribution in [3.8, 4) is 11.5 Å². The average Bonchev–Trinajstić information content (AvgIpc) is 3.17. The Morgan fingerprint density at radius 3 is 2.61 bits per heavy atom. The van der Waals surface area contributed by atoms with Gasteiger partial charge in [-0.1, -0.05) is 32.0 Å². The molecule has 0 saturated carbocycles. The Morgan fingerprint density at radius 2 is 1.89 bits per heavy atom. The summed E-state index contributed by atoms with van der Waals surface area (Å²) < 4.78 is 17.8. The smallest absolute Gasteiger partial charge is 0.291 e. The number of carbonyl (C=O) groups excluding carboxylic acids is 1. The summed E-state index contributed by atoms with van der Waals surface area (Å²) in [6.45, 7) is 8.96. The fourth-order valence-corrected chi connectivity index (χ4v) is 5.05. The van der Waals surface area contributed by atoms with Crippen LogP contribution in [-0.4, -0.2) is 29.5 Å². The number of aryl methyl sites for hydroxylation is 2. The fraction of sp³-hybridized carbons (Fsp3) is 0.323. The van der Waals surface area contributed by atoms with Gasteiger partial charge < -0.3 is 18.8 Å². The van der Waals surface area contributed by atoms with E-state index in [1.165, 1.54) is 0 Å². The van der Waals surface area contributed by atoms with Crippen molar-refractivity contribution >= 4 is 16.9 Å². The molecule has 7 nitrogen and oxygen atoms in total. The molecule has 196 valence electrons. The summed E-state index contributed by atoms with van der Waals surface area (Å²) in [6.07, 6.45) is 4.33. The molecule has 1 atom stereocenters. The molecular weight excluding hydrogens is 480 g/mol. The van der Waals surface area contributed by atoms with E-state index in [1.807, 2.05) is 56.3 Å². The molecule has 0 fully saturated rings. The molecule has 2 aromatic heterocycles. The van der Waals surface area contributed by atoms with Gasteiger partial charge in [0.15, 0.2) is 16.9 Å². The van der Waals surface area contributed by atoms with Gasteiger partial charge in [0.05, 0.1) is 30.7 Å². The van der Waals surface area contributed by atoms with E-state index in [0.717, 1.165) is 28.7 Å². The number of nitrogens with zero attached hydrogens (tertiary/aromatic N) is 2. The van der Waals surface area contributed by atoms with Crippen molar-refractivity contribution in [1.29, 1.82) is 0 Å². The van der Waals surface area contributed by atoms with Crippen molar-refractivity contribution in [1.82, 2.24) is 9.88 Å². The molecule has 0 aliphatic carbocycles. The third-order valence-electron chi connectivity index (χ3n) is 6.93. The number of ether oxygens (including phenoxy) is 2. The normalized spacial score (nSPS) is 14.8. The molecule has 0 spiro atoms. The van der Waals surface area contributed by atoms with Gasteiger partial charge in [0.2, 0.25) is 5.76 Å². The van der Waals surface area contributed by atoms with Crippen LogP contribution in [0.1, 0.15) is 64.7 Å². The van der Waals surface area contributed by atoms with E-state index in [-0.39, 0.29) is 23.6 Å². The van der Waals surface area contributed by atoms with Gasteiger partial charge in [-0.05, 0) is 72.7 Å². The SMILES string of the molecule is COc1cc(C2c3c(oc4c(C)cc(C)cc4c3=O)C(=O)N2Cc2cccnc2)ccc1OCCC(C)C. The number of rotatable bonds is 8. The summed E-state index contributed by atoms with van der Waals surface area (Å²) >= 11 is 0. The van der Waals surface area contributed by atoms with Crippen molar-refractivity contribution in [2.45, 2.75) is 46.7 Å². The topological polar surface area (TPSA) is 81.9 Å². The number of pyridine rings is 1. The second kappa shape index (κ2) is 10.3. The first-order valence-corrected chi connectivity index (χ1v) is 12.9. The van der Waals surface area contributed by atoms with Crippen molar-refractivity contribution in [3.63, 3.8) is 0 Å². The van der Waals surface area contributed by atoms with E-state index < -0.39 is 6.04 Å². The van der Waals surface area contributed by atoms with Crippen LogP contribution in [0.5, 0.6) is 11.5 Å². The third-order valence-corrected chi connectivity index (χ3v) is 6.93. The molecule has 3 heterocycles. The molecule has 2 aromatic carbocycles. The van der Waals surface area contributed by atoms with Gasteiger partial charge in [-0.25, -0.2) is 0 Å². The van der Waals surface area contributed by atoms with Gasteiger partial charge in [0.25, 0.3) is 5.91 Å². The number of aromatic nitrogens is 1. The highest BCUT2D eigenvalue weighted by molar-refractivity contribution is 5.99. The quantitative estimate of drug-likeness (QED) is 0.289. The molecule has 1 aliphatic heterocycles. The highest BCUT2D eigenvalue weighted by Gasteiger charge is 2.43. The summed E-state index contributed by atoms with van der Waals surface area (Å²) in [7, 11) is 1.59. The van der Waals surface area contributed by atoms with E-state index in [9.17, 15) is 9.59 Å². The highest BCUT2D eigenvalue weighted by Crippen LogP contribution is 2.42. The molecule has 0 radical (unpaired) electrons. The minimum atomic E-state index is -0.655. The van der Waals surface area contributed by atoms with E-state index in [1.54, 1.807) is 24.4 Å². The number of hydrogen-bond acceptors (Lipinski definition) is 6. The van der Waals surface area contributed by atoms with Crippen molar-refractivity contribution in [2.75, 3.05) is 13.7 Å². The minimum Gasteiger partial charge on any atom is -0.493 e. The second-order valence-corrected chi connectivity index (χ2v) is 10.3. The van der Waals surface area contributed by atoms with Crippen LogP contribution in [-0.2, 0) is 6.54 Å². The van der Waals surface area contributed by atoms with Gasteiger partial charge >= 0.3 is 0 Å². The Morgan fingerprint density at radius 1 is 1.08 bits per heavy atom. The van der Waals surface area contributed by atoms with Crippen LogP contribution >= 0.6 is 0 Å². The van der Waals surface area contributed by atoms with E-state index in [2.05, 4.69) is 18.8 Å². The van der Waals surface area contributed by atoms with Crippen LogP contribution in [0.4, 0.5) is 0 Å². The monoisotopic (exact) mass is 512 g/mol. The Kier molecular flexibility index (Phi) is 6.93. The van der Waals surface area contributed by atoms with E-state index >= 15 is 0 Å². The number of benzene rings is 2. The maximum Gasteiger partial charge on any atom is 0.291 e. The molecule has 1 unspecified atom stereocenters. The molecule has 7 heteroatoms. The Hall–Kier alpha value is -4.13. The zero-order valence-electron chi connectivity index (χ0n) is 22.4. The highest BCUT2D eigenvalue weighted by atomic mass is 16.5. The lowest BCUT2D eigenvalue weighted by Gasteiger charge is -2.26. The molecule has 0 N–H and O–H groups in total. The Bertz CT molecular complexity index is 1560. The average molecular weight is 513 g/mol. The van der Waals surface area contributed by atoms with Gasteiger partial charge in [-0.15, -0.1) is 0 Å². The fourth-order valence-electron chi connectivity index (χ4n) is 5.05. The Labute approximate surface area is 222 Å². The molecule has 38 heavy (non-hydrogen) atoms. The Balaban J connectivity index is 1.66. The molecular formula is C31H32N2O5. The molecule has 0 saturated heterocycles. The van der Waals surface area contributed by atoms with Crippen LogP contribution in [0.2, 0.25) is 0 Å². The van der Waals surface area contributed by atoms with Crippen LogP contribution in [0.3, 0.4) is 0 Å². The number of amides is 1. The van der Waals surface area contributed by atoms with Crippen molar-refractivity contribution in [2.24, 2.45) is 5.92 Å². The minimum absolute atomic E-state index is 0.0829. The zero-order chi connectivity index (χ0) is 27.0. The predicted octanol–water partition coefficient (Wildman–Crippen LogP) is 5.98. The summed E-state index contributed by atoms with van der Waals surface area (Å²) in [5.41, 5.74) is 3.96. The van der Waals surface area contributed by atoms with E-state index in [0.29, 0.717) is 40.6 Å². The van der Waals surface area contributed by atoms with E-state index in [4.69, 9.17) is 13.9 Å². The molecule has 1 amide bonds. The number of methoxy groups -OCH3 is 1. The van der Waals surface area contributed by atoms with Crippen LogP contribution in [0.15, 0.2) is 64.1 Å². The molecule has 0 bridgehead atoms. The largest absolute Gasteiger partial charge is 0.493 e. The van der Waals surface area contributed by atoms with Crippen LogP contribution < -0.4 is 14.9 Å². The van der Waals surface area contributed by atoms with Gasteiger partial charge in [0, 0.05) is 18.9 Å². The number of hydrogen-bond donors (Lipinski definition) is 0. The summed E-state index contributed by atoms with van der Waals surface area (Å²) in [5, 5.41) is 0.475. The van der Waals surface area contributed by atoms with Gasteiger partial charge in [0.1, 0.15) is 5.58 Å². The van der Waals surface area contributed by atoms with Crippen molar-refractivity contribution < 1.29 is 18.7 Å². The van der Waals surface area contributed by atoms with Crippen LogP contribution in [0.25, 0.3) is 11.0 Å². The third kappa shape index (κ3) is 4.64. The maximum absolute atomic E-state index is 14.0. The number of carbonyl (C=O) groups is 1. The van der Waals surface area contributed by atoms with Gasteiger partial charge in [-0.3, -0.25) is 14.6 Å². The lowest BCUT2D eigenvalue weighted by molar-refractivity contribution is 0.0714. The van der Waals surface area contributed by atoms with Gasteiger partial charge in [-0.2, -0.15) is 0 Å². The second-order valence-electron chi connectivity index (χ2n) is 10.3. The number of fused-ring (bicyclic) bond motifs is 2. The summed E-state index contributed by atoms with van der Waals surface area (Å²) in [4.78, 5) is 33.6. The predicted molar refractivity (Wildman–Crippen MR) is 146 cm³/mol. The first-order valence-electron chi connectivity index (χ1n) is 12.9. The van der Waals surface area contributed by atoms with Crippen molar-refractivity contribution in [3.05, 3.63) is 98.7 Å². The molecule has 1 aliphatic rings. The zero-order valence-corrected chi connectivity index (χ0v) is 22.4. The summed E-state index contributed by atoms with van der Waals surface area (Å²) in [5.74, 6) is 1.44. The summed E-state index contributed by atoms with van der Waals surface area (Å²) in [6, 6.07) is 12.4. The standard InChI is InChI=1S/C31H32N2O5/c1-18(2)10-12-37-24-9-8-22(15-25(24)36-5)27-26-28(34)23-14-19(3)13-20(4)29(23)38-30(26)31(35)33(27)17-21-7-6-11-32-16-21/h6-9,11,13-16,18,27H,10,12,17H2,1-5H3. The molecule has 5 rings (SSSR count). The lowest BCUT2D eigenvalue weighted by atomic mass is 9.97.